The molecule has 0 radical (unpaired) electrons. The molecule has 2 nitrogen and oxygen atoms in total. The Balaban J connectivity index is 2.24. The number of amides is 1. The Labute approximate surface area is 141 Å². The van der Waals surface area contributed by atoms with Gasteiger partial charge in [0.05, 0.1) is 11.6 Å². The van der Waals surface area contributed by atoms with Crippen molar-refractivity contribution in [3.05, 3.63) is 54.7 Å². The summed E-state index contributed by atoms with van der Waals surface area (Å²) in [6.45, 7) is 4.69. The lowest BCUT2D eigenvalue weighted by Crippen LogP contribution is -2.36. The monoisotopic (exact) mass is 419 g/mol. The first kappa shape index (κ1) is 15.8. The van der Waals surface area contributed by atoms with Crippen molar-refractivity contribution in [2.45, 2.75) is 26.4 Å². The normalized spacial score (nSPS) is 10.8. The van der Waals surface area contributed by atoms with Crippen LogP contribution in [0.2, 0.25) is 5.02 Å². The molecular formula is C15H15ClINOS. The van der Waals surface area contributed by atoms with E-state index >= 15 is 0 Å². The highest BCUT2D eigenvalue weighted by molar-refractivity contribution is 14.1. The van der Waals surface area contributed by atoms with Gasteiger partial charge >= 0.3 is 0 Å². The molecule has 1 heterocycles. The maximum absolute atomic E-state index is 12.6. The number of benzene rings is 1. The van der Waals surface area contributed by atoms with Gasteiger partial charge < -0.3 is 4.90 Å². The van der Waals surface area contributed by atoms with E-state index in [0.29, 0.717) is 17.1 Å². The van der Waals surface area contributed by atoms with Crippen LogP contribution in [0.3, 0.4) is 0 Å². The molecule has 0 spiro atoms. The topological polar surface area (TPSA) is 20.3 Å². The minimum Gasteiger partial charge on any atom is -0.331 e. The predicted molar refractivity (Wildman–Crippen MR) is 93.5 cm³/mol. The molecule has 1 aromatic carbocycles. The van der Waals surface area contributed by atoms with Gasteiger partial charge in [-0.15, -0.1) is 11.3 Å². The molecule has 0 saturated heterocycles. The lowest BCUT2D eigenvalue weighted by atomic mass is 10.1. The molecule has 2 rings (SSSR count). The van der Waals surface area contributed by atoms with Gasteiger partial charge in [-0.3, -0.25) is 4.79 Å². The molecule has 0 saturated carbocycles. The van der Waals surface area contributed by atoms with Crippen molar-refractivity contribution in [1.29, 1.82) is 0 Å². The third-order valence-corrected chi connectivity index (χ3v) is 5.39. The quantitative estimate of drug-likeness (QED) is 0.635. The van der Waals surface area contributed by atoms with Crippen molar-refractivity contribution in [3.8, 4) is 0 Å². The molecule has 0 bridgehead atoms. The summed E-state index contributed by atoms with van der Waals surface area (Å²) in [6.07, 6.45) is 0. The number of carbonyl (C=O) groups excluding carboxylic acids is 1. The molecule has 2 aromatic rings. The van der Waals surface area contributed by atoms with Gasteiger partial charge in [0.25, 0.3) is 5.91 Å². The fraction of sp³-hybridized carbons (Fsp3) is 0.267. The molecule has 0 fully saturated rings. The zero-order chi connectivity index (χ0) is 14.7. The van der Waals surface area contributed by atoms with Gasteiger partial charge in [-0.25, -0.2) is 0 Å². The Morgan fingerprint density at radius 1 is 1.40 bits per heavy atom. The fourth-order valence-electron chi connectivity index (χ4n) is 1.85. The lowest BCUT2D eigenvalue weighted by molar-refractivity contribution is 0.0692. The van der Waals surface area contributed by atoms with E-state index in [9.17, 15) is 4.79 Å². The Bertz CT molecular complexity index is 598. The molecule has 5 heteroatoms. The first-order chi connectivity index (χ1) is 9.49. The van der Waals surface area contributed by atoms with E-state index < -0.39 is 0 Å². The molecule has 106 valence electrons. The average Bonchev–Trinajstić information content (AvgIpc) is 2.91. The summed E-state index contributed by atoms with van der Waals surface area (Å²) >= 11 is 9.93. The molecule has 20 heavy (non-hydrogen) atoms. The van der Waals surface area contributed by atoms with Crippen molar-refractivity contribution in [2.24, 2.45) is 0 Å². The first-order valence-corrected chi connectivity index (χ1v) is 8.61. The van der Waals surface area contributed by atoms with Crippen LogP contribution in [0, 0.1) is 3.57 Å². The third kappa shape index (κ3) is 3.74. The number of thiophene rings is 1. The third-order valence-electron chi connectivity index (χ3n) is 2.96. The SMILES string of the molecule is CC(C)N(Cc1cccs1)C(=O)c1ccc(I)c(Cl)c1. The highest BCUT2D eigenvalue weighted by Crippen LogP contribution is 2.22. The number of nitrogens with zero attached hydrogens (tertiary/aromatic N) is 1. The zero-order valence-corrected chi connectivity index (χ0v) is 15.0. The largest absolute Gasteiger partial charge is 0.331 e. The lowest BCUT2D eigenvalue weighted by Gasteiger charge is -2.26. The Hall–Kier alpha value is -0.590. The molecule has 0 aliphatic heterocycles. The van der Waals surface area contributed by atoms with Crippen LogP contribution in [-0.4, -0.2) is 16.8 Å². The van der Waals surface area contributed by atoms with E-state index in [4.69, 9.17) is 11.6 Å². The maximum atomic E-state index is 12.6. The number of halogens is 2. The van der Waals surface area contributed by atoms with Crippen molar-refractivity contribution in [2.75, 3.05) is 0 Å². The second-order valence-electron chi connectivity index (χ2n) is 4.74. The van der Waals surface area contributed by atoms with Crippen molar-refractivity contribution in [1.82, 2.24) is 4.90 Å². The molecular weight excluding hydrogens is 405 g/mol. The summed E-state index contributed by atoms with van der Waals surface area (Å²) in [7, 11) is 0. The minimum absolute atomic E-state index is 0.0201. The van der Waals surface area contributed by atoms with Crippen LogP contribution < -0.4 is 0 Å². The van der Waals surface area contributed by atoms with E-state index in [1.807, 2.05) is 48.4 Å². The number of hydrogen-bond donors (Lipinski definition) is 0. The smallest absolute Gasteiger partial charge is 0.254 e. The predicted octanol–water partition coefficient (Wildman–Crippen LogP) is 5.06. The number of carbonyl (C=O) groups is 1. The summed E-state index contributed by atoms with van der Waals surface area (Å²) in [5.74, 6) is 0.0201. The molecule has 0 aliphatic rings. The summed E-state index contributed by atoms with van der Waals surface area (Å²) < 4.78 is 0.954. The molecule has 1 amide bonds. The van der Waals surface area contributed by atoms with Crippen molar-refractivity contribution in [3.63, 3.8) is 0 Å². The Morgan fingerprint density at radius 3 is 2.70 bits per heavy atom. The molecule has 0 N–H and O–H groups in total. The van der Waals surface area contributed by atoms with E-state index in [1.165, 1.54) is 4.88 Å². The van der Waals surface area contributed by atoms with Crippen LogP contribution >= 0.6 is 45.5 Å². The summed E-state index contributed by atoms with van der Waals surface area (Å²) in [5.41, 5.74) is 0.640. The van der Waals surface area contributed by atoms with Crippen molar-refractivity contribution >= 4 is 51.4 Å². The van der Waals surface area contributed by atoms with Crippen LogP contribution in [0.5, 0.6) is 0 Å². The van der Waals surface area contributed by atoms with Crippen molar-refractivity contribution < 1.29 is 4.79 Å². The van der Waals surface area contributed by atoms with Gasteiger partial charge in [0.2, 0.25) is 0 Å². The first-order valence-electron chi connectivity index (χ1n) is 6.27. The highest BCUT2D eigenvalue weighted by Gasteiger charge is 2.20. The van der Waals surface area contributed by atoms with E-state index in [-0.39, 0.29) is 11.9 Å². The summed E-state index contributed by atoms with van der Waals surface area (Å²) in [6, 6.07) is 9.65. The van der Waals surface area contributed by atoms with Crippen LogP contribution in [0.4, 0.5) is 0 Å². The van der Waals surface area contributed by atoms with E-state index in [1.54, 1.807) is 17.4 Å². The maximum Gasteiger partial charge on any atom is 0.254 e. The molecule has 0 aliphatic carbocycles. The van der Waals surface area contributed by atoms with Crippen LogP contribution in [-0.2, 0) is 6.54 Å². The van der Waals surface area contributed by atoms with Crippen LogP contribution in [0.1, 0.15) is 29.1 Å². The average molecular weight is 420 g/mol. The second-order valence-corrected chi connectivity index (χ2v) is 7.34. The van der Waals surface area contributed by atoms with E-state index in [2.05, 4.69) is 22.6 Å². The standard InChI is InChI=1S/C15H15ClINOS/c1-10(2)18(9-12-4-3-7-20-12)15(19)11-5-6-14(17)13(16)8-11/h3-8,10H,9H2,1-2H3. The van der Waals surface area contributed by atoms with Crippen LogP contribution in [0.15, 0.2) is 35.7 Å². The number of hydrogen-bond acceptors (Lipinski definition) is 2. The highest BCUT2D eigenvalue weighted by atomic mass is 127. The van der Waals surface area contributed by atoms with Gasteiger partial charge in [-0.2, -0.15) is 0 Å². The molecule has 0 atom stereocenters. The number of rotatable bonds is 4. The van der Waals surface area contributed by atoms with Gasteiger partial charge in [-0.05, 0) is 66.1 Å². The van der Waals surface area contributed by atoms with Crippen LogP contribution in [0.25, 0.3) is 0 Å². The van der Waals surface area contributed by atoms with E-state index in [0.717, 1.165) is 3.57 Å². The minimum atomic E-state index is 0.0201. The molecule has 0 unspecified atom stereocenters. The van der Waals surface area contributed by atoms with Gasteiger partial charge in [-0.1, -0.05) is 17.7 Å². The van der Waals surface area contributed by atoms with Gasteiger partial charge in [0, 0.05) is 20.1 Å². The van der Waals surface area contributed by atoms with Gasteiger partial charge in [0.15, 0.2) is 0 Å². The zero-order valence-electron chi connectivity index (χ0n) is 11.3. The summed E-state index contributed by atoms with van der Waals surface area (Å²) in [4.78, 5) is 15.7. The van der Waals surface area contributed by atoms with Gasteiger partial charge in [0.1, 0.15) is 0 Å². The Morgan fingerprint density at radius 2 is 2.15 bits per heavy atom. The second kappa shape index (κ2) is 6.91. The fourth-order valence-corrected chi connectivity index (χ4v) is 3.07. The summed E-state index contributed by atoms with van der Waals surface area (Å²) in [5, 5.41) is 2.65. The Kier molecular flexibility index (Phi) is 5.46. The molecule has 1 aromatic heterocycles.